The predicted octanol–water partition coefficient (Wildman–Crippen LogP) is 3.03. The van der Waals surface area contributed by atoms with E-state index in [4.69, 9.17) is 4.98 Å². The number of nitrogens with one attached hydrogen (secondary N) is 1. The molecule has 1 aliphatic heterocycles. The third-order valence-electron chi connectivity index (χ3n) is 5.48. The SMILES string of the molecule is C[C@@]1(O)CCC[C@H]1N1CC(I)=Cc2cnc(NC3=CCC(=NS(C)(=O)=O)C=C3)nc21. The van der Waals surface area contributed by atoms with E-state index in [1.807, 2.05) is 13.0 Å². The van der Waals surface area contributed by atoms with Crippen LogP contribution in [0.3, 0.4) is 0 Å². The zero-order chi connectivity index (χ0) is 21.5. The summed E-state index contributed by atoms with van der Waals surface area (Å²) in [5.74, 6) is 1.28. The van der Waals surface area contributed by atoms with Crippen LogP contribution in [-0.2, 0) is 10.0 Å². The van der Waals surface area contributed by atoms with Crippen LogP contribution in [0.5, 0.6) is 0 Å². The lowest BCUT2D eigenvalue weighted by molar-refractivity contribution is 0.0492. The number of anilines is 2. The Labute approximate surface area is 190 Å². The molecule has 1 saturated carbocycles. The first-order valence-electron chi connectivity index (χ1n) is 9.77. The Bertz CT molecular complexity index is 1090. The van der Waals surface area contributed by atoms with Crippen molar-refractivity contribution >= 4 is 56.2 Å². The van der Waals surface area contributed by atoms with Crippen molar-refractivity contribution in [2.75, 3.05) is 23.0 Å². The summed E-state index contributed by atoms with van der Waals surface area (Å²) < 4.78 is 27.5. The second-order valence-corrected chi connectivity index (χ2v) is 11.1. The van der Waals surface area contributed by atoms with Gasteiger partial charge in [0.25, 0.3) is 0 Å². The topological polar surface area (TPSA) is 108 Å². The van der Waals surface area contributed by atoms with Gasteiger partial charge in [-0.1, -0.05) is 6.08 Å². The molecule has 3 aliphatic rings. The van der Waals surface area contributed by atoms with E-state index in [0.29, 0.717) is 18.1 Å². The molecule has 1 fully saturated rings. The van der Waals surface area contributed by atoms with Gasteiger partial charge >= 0.3 is 0 Å². The molecule has 0 amide bonds. The first kappa shape index (κ1) is 21.4. The Balaban J connectivity index is 1.57. The van der Waals surface area contributed by atoms with Crippen LogP contribution in [0.4, 0.5) is 11.8 Å². The van der Waals surface area contributed by atoms with Crippen LogP contribution in [0.2, 0.25) is 0 Å². The molecule has 8 nitrogen and oxygen atoms in total. The number of sulfonamides is 1. The van der Waals surface area contributed by atoms with Gasteiger partial charge in [0, 0.05) is 27.5 Å². The number of rotatable bonds is 4. The van der Waals surface area contributed by atoms with E-state index in [9.17, 15) is 13.5 Å². The maximum atomic E-state index is 11.3. The number of halogens is 1. The first-order chi connectivity index (χ1) is 14.1. The molecule has 4 rings (SSSR count). The molecular weight excluding hydrogens is 517 g/mol. The zero-order valence-electron chi connectivity index (χ0n) is 16.8. The molecule has 0 bridgehead atoms. The van der Waals surface area contributed by atoms with Crippen LogP contribution in [0.25, 0.3) is 6.08 Å². The lowest BCUT2D eigenvalue weighted by Gasteiger charge is -2.39. The van der Waals surface area contributed by atoms with Crippen molar-refractivity contribution in [3.63, 3.8) is 0 Å². The monoisotopic (exact) mass is 541 g/mol. The molecule has 2 heterocycles. The molecule has 2 aliphatic carbocycles. The van der Waals surface area contributed by atoms with Crippen molar-refractivity contribution < 1.29 is 13.5 Å². The molecule has 0 aromatic carbocycles. The van der Waals surface area contributed by atoms with E-state index >= 15 is 0 Å². The second kappa shape index (κ2) is 8.04. The number of aliphatic hydroxyl groups is 1. The fraction of sp³-hybridized carbons (Fsp3) is 0.450. The lowest BCUT2D eigenvalue weighted by Crippen LogP contribution is -2.49. The van der Waals surface area contributed by atoms with E-state index in [1.165, 1.54) is 3.58 Å². The van der Waals surface area contributed by atoms with Gasteiger partial charge in [0.15, 0.2) is 0 Å². The van der Waals surface area contributed by atoms with Gasteiger partial charge in [-0.25, -0.2) is 13.4 Å². The number of aromatic nitrogens is 2. The zero-order valence-corrected chi connectivity index (χ0v) is 19.8. The van der Waals surface area contributed by atoms with Crippen molar-refractivity contribution in [2.45, 2.75) is 44.2 Å². The standard InChI is InChI=1S/C20H24IN5O3S/c1-20(27)9-3-4-17(20)26-12-14(21)10-13-11-22-19(24-18(13)26)23-15-5-7-16(8-6-15)25-30(2,28)29/h5-7,10-11,17,27H,3-4,8-9,12H2,1-2H3,(H,22,23,24)/t17-,20-/m1/s1. The molecule has 1 aromatic heterocycles. The van der Waals surface area contributed by atoms with E-state index in [1.54, 1.807) is 18.3 Å². The molecule has 10 heteroatoms. The number of fused-ring (bicyclic) bond motifs is 1. The molecule has 2 atom stereocenters. The van der Waals surface area contributed by atoms with Crippen LogP contribution >= 0.6 is 22.6 Å². The Morgan fingerprint density at radius 1 is 1.40 bits per heavy atom. The maximum absolute atomic E-state index is 11.3. The summed E-state index contributed by atoms with van der Waals surface area (Å²) in [7, 11) is -3.41. The summed E-state index contributed by atoms with van der Waals surface area (Å²) in [5, 5.41) is 14.1. The average molecular weight is 541 g/mol. The highest BCUT2D eigenvalue weighted by atomic mass is 127. The highest BCUT2D eigenvalue weighted by Crippen LogP contribution is 2.40. The average Bonchev–Trinajstić information content (AvgIpc) is 3.01. The molecule has 30 heavy (non-hydrogen) atoms. The number of allylic oxidation sites excluding steroid dienone is 3. The van der Waals surface area contributed by atoms with Gasteiger partial charge < -0.3 is 15.3 Å². The molecule has 0 radical (unpaired) electrons. The Morgan fingerprint density at radius 3 is 2.83 bits per heavy atom. The van der Waals surface area contributed by atoms with Gasteiger partial charge in [-0.15, -0.1) is 0 Å². The van der Waals surface area contributed by atoms with E-state index < -0.39 is 15.6 Å². The van der Waals surface area contributed by atoms with Gasteiger partial charge in [-0.3, -0.25) is 0 Å². The van der Waals surface area contributed by atoms with Crippen molar-refractivity contribution in [3.05, 3.63) is 39.3 Å². The minimum absolute atomic E-state index is 0.0148. The van der Waals surface area contributed by atoms with Crippen LogP contribution in [0, 0.1) is 0 Å². The first-order valence-corrected chi connectivity index (χ1v) is 12.7. The third kappa shape index (κ3) is 4.75. The van der Waals surface area contributed by atoms with Gasteiger partial charge in [-0.05, 0) is 67.0 Å². The Morgan fingerprint density at radius 2 is 2.20 bits per heavy atom. The Kier molecular flexibility index (Phi) is 5.75. The minimum atomic E-state index is -3.41. The maximum Gasteiger partial charge on any atom is 0.250 e. The van der Waals surface area contributed by atoms with Crippen molar-refractivity contribution in [2.24, 2.45) is 4.40 Å². The molecule has 0 unspecified atom stereocenters. The fourth-order valence-corrected chi connectivity index (χ4v) is 5.41. The summed E-state index contributed by atoms with van der Waals surface area (Å²) in [4.78, 5) is 11.4. The predicted molar refractivity (Wildman–Crippen MR) is 127 cm³/mol. The number of hydrogen-bond donors (Lipinski definition) is 2. The van der Waals surface area contributed by atoms with Crippen LogP contribution in [0.15, 0.2) is 38.1 Å². The van der Waals surface area contributed by atoms with Gasteiger partial charge in [0.1, 0.15) is 5.82 Å². The third-order valence-corrected chi connectivity index (χ3v) is 6.70. The van der Waals surface area contributed by atoms with E-state index in [-0.39, 0.29) is 6.04 Å². The fourth-order valence-electron chi connectivity index (χ4n) is 4.15. The molecule has 0 saturated heterocycles. The second-order valence-electron chi connectivity index (χ2n) is 8.09. The van der Waals surface area contributed by atoms with Crippen LogP contribution < -0.4 is 10.2 Å². The Hall–Kier alpha value is -1.79. The molecular formula is C20H24IN5O3S. The van der Waals surface area contributed by atoms with Crippen molar-refractivity contribution in [1.29, 1.82) is 0 Å². The van der Waals surface area contributed by atoms with Gasteiger partial charge in [0.2, 0.25) is 16.0 Å². The smallest absolute Gasteiger partial charge is 0.250 e. The molecule has 0 spiro atoms. The molecule has 1 aromatic rings. The summed E-state index contributed by atoms with van der Waals surface area (Å²) in [5.41, 5.74) is 1.47. The van der Waals surface area contributed by atoms with Crippen molar-refractivity contribution in [1.82, 2.24) is 9.97 Å². The highest BCUT2D eigenvalue weighted by Gasteiger charge is 2.42. The normalized spacial score (nSPS) is 27.7. The lowest BCUT2D eigenvalue weighted by atomic mass is 9.97. The summed E-state index contributed by atoms with van der Waals surface area (Å²) in [6.07, 6.45) is 13.4. The van der Waals surface area contributed by atoms with Crippen LogP contribution in [0.1, 0.15) is 38.2 Å². The molecule has 160 valence electrons. The largest absolute Gasteiger partial charge is 0.388 e. The van der Waals surface area contributed by atoms with E-state index in [0.717, 1.165) is 49.1 Å². The van der Waals surface area contributed by atoms with Crippen LogP contribution in [-0.4, -0.2) is 53.6 Å². The van der Waals surface area contributed by atoms with Gasteiger partial charge in [-0.2, -0.15) is 9.38 Å². The van der Waals surface area contributed by atoms with E-state index in [2.05, 4.69) is 48.3 Å². The number of hydrogen-bond acceptors (Lipinski definition) is 7. The minimum Gasteiger partial charge on any atom is -0.388 e. The summed E-state index contributed by atoms with van der Waals surface area (Å²) >= 11 is 2.33. The number of nitrogens with zero attached hydrogens (tertiary/aromatic N) is 4. The van der Waals surface area contributed by atoms with Crippen molar-refractivity contribution in [3.8, 4) is 0 Å². The molecule has 2 N–H and O–H groups in total. The van der Waals surface area contributed by atoms with Gasteiger partial charge in [0.05, 0.1) is 30.2 Å². The highest BCUT2D eigenvalue weighted by molar-refractivity contribution is 14.1. The quantitative estimate of drug-likeness (QED) is 0.565. The summed E-state index contributed by atoms with van der Waals surface area (Å²) in [6, 6.07) is 0.0148. The summed E-state index contributed by atoms with van der Waals surface area (Å²) in [6.45, 7) is 2.63.